The molecule has 0 aliphatic rings. The van der Waals surface area contributed by atoms with Crippen LogP contribution in [-0.4, -0.2) is 5.78 Å². The van der Waals surface area contributed by atoms with Crippen LogP contribution in [0.15, 0.2) is 41.0 Å². The minimum absolute atomic E-state index is 0.149. The molecule has 0 spiro atoms. The van der Waals surface area contributed by atoms with E-state index in [4.69, 9.17) is 16.0 Å². The summed E-state index contributed by atoms with van der Waals surface area (Å²) in [5.41, 5.74) is 0. The lowest BCUT2D eigenvalue weighted by Crippen LogP contribution is -1.89. The zero-order valence-electron chi connectivity index (χ0n) is 7.64. The van der Waals surface area contributed by atoms with Crippen molar-refractivity contribution < 1.29 is 9.21 Å². The van der Waals surface area contributed by atoms with Gasteiger partial charge in [0, 0.05) is 4.88 Å². The van der Waals surface area contributed by atoms with Crippen LogP contribution in [0.5, 0.6) is 0 Å². The molecule has 4 heteroatoms. The fraction of sp³-hybridized carbons (Fsp3) is 0. The molecule has 2 rings (SSSR count). The van der Waals surface area contributed by atoms with Crippen molar-refractivity contribution in [2.24, 2.45) is 0 Å². The fourth-order valence-electron chi connectivity index (χ4n) is 1.08. The number of hydrogen-bond donors (Lipinski definition) is 0. The van der Waals surface area contributed by atoms with E-state index >= 15 is 0 Å². The summed E-state index contributed by atoms with van der Waals surface area (Å²) in [4.78, 5) is 12.4. The van der Waals surface area contributed by atoms with Crippen LogP contribution in [-0.2, 0) is 0 Å². The molecule has 0 aliphatic carbocycles. The molecule has 0 fully saturated rings. The van der Waals surface area contributed by atoms with Crippen molar-refractivity contribution in [2.75, 3.05) is 0 Å². The molecule has 0 amide bonds. The monoisotopic (exact) mass is 238 g/mol. The first-order valence-corrected chi connectivity index (χ1v) is 5.46. The Balaban J connectivity index is 2.09. The molecule has 15 heavy (non-hydrogen) atoms. The summed E-state index contributed by atoms with van der Waals surface area (Å²) >= 11 is 7.18. The molecule has 2 heterocycles. The van der Waals surface area contributed by atoms with E-state index in [2.05, 4.69) is 0 Å². The van der Waals surface area contributed by atoms with Crippen molar-refractivity contribution in [1.82, 2.24) is 0 Å². The van der Waals surface area contributed by atoms with Crippen LogP contribution in [0.2, 0.25) is 4.34 Å². The summed E-state index contributed by atoms with van der Waals surface area (Å²) in [6.07, 6.45) is 4.67. The van der Waals surface area contributed by atoms with Crippen molar-refractivity contribution in [2.45, 2.75) is 0 Å². The second-order valence-electron chi connectivity index (χ2n) is 2.82. The Bertz CT molecular complexity index is 482. The lowest BCUT2D eigenvalue weighted by molar-refractivity contribution is 0.102. The molecule has 2 aromatic rings. The van der Waals surface area contributed by atoms with Gasteiger partial charge in [0.05, 0.1) is 10.6 Å². The SMILES string of the molecule is O=C(/C=C/c1ccc(Cl)s1)c1ccco1. The largest absolute Gasteiger partial charge is 0.461 e. The highest BCUT2D eigenvalue weighted by molar-refractivity contribution is 7.17. The second kappa shape index (κ2) is 4.47. The van der Waals surface area contributed by atoms with E-state index < -0.39 is 0 Å². The van der Waals surface area contributed by atoms with E-state index in [0.717, 1.165) is 4.88 Å². The van der Waals surface area contributed by atoms with Crippen LogP contribution < -0.4 is 0 Å². The van der Waals surface area contributed by atoms with Crippen LogP contribution in [0.25, 0.3) is 6.08 Å². The Morgan fingerprint density at radius 2 is 2.27 bits per heavy atom. The van der Waals surface area contributed by atoms with Crippen molar-refractivity contribution in [3.05, 3.63) is 51.6 Å². The third-order valence-corrected chi connectivity index (χ3v) is 2.95. The predicted octanol–water partition coefficient (Wildman–Crippen LogP) is 3.89. The number of carbonyl (C=O) groups excluding carboxylic acids is 1. The maximum atomic E-state index is 11.5. The summed E-state index contributed by atoms with van der Waals surface area (Å²) in [7, 11) is 0. The summed E-state index contributed by atoms with van der Waals surface area (Å²) in [5, 5.41) is 0. The fourth-order valence-corrected chi connectivity index (χ4v) is 2.04. The highest BCUT2D eigenvalue weighted by atomic mass is 35.5. The van der Waals surface area contributed by atoms with Gasteiger partial charge in [-0.15, -0.1) is 11.3 Å². The van der Waals surface area contributed by atoms with Crippen LogP contribution in [0, 0.1) is 0 Å². The Morgan fingerprint density at radius 1 is 1.40 bits per heavy atom. The van der Waals surface area contributed by atoms with Crippen LogP contribution in [0.3, 0.4) is 0 Å². The lowest BCUT2D eigenvalue weighted by atomic mass is 10.2. The van der Waals surface area contributed by atoms with E-state index in [1.54, 1.807) is 24.3 Å². The Kier molecular flexibility index (Phi) is 3.04. The smallest absolute Gasteiger partial charge is 0.221 e. The summed E-state index contributed by atoms with van der Waals surface area (Å²) in [6, 6.07) is 6.97. The Hall–Kier alpha value is -1.32. The molecule has 0 N–H and O–H groups in total. The summed E-state index contributed by atoms with van der Waals surface area (Å²) in [6.45, 7) is 0. The van der Waals surface area contributed by atoms with Crippen molar-refractivity contribution >= 4 is 34.8 Å². The Morgan fingerprint density at radius 3 is 2.87 bits per heavy atom. The highest BCUT2D eigenvalue weighted by Crippen LogP contribution is 2.22. The number of furan rings is 1. The molecule has 0 aliphatic heterocycles. The zero-order chi connectivity index (χ0) is 10.7. The highest BCUT2D eigenvalue weighted by Gasteiger charge is 2.03. The maximum absolute atomic E-state index is 11.5. The quantitative estimate of drug-likeness (QED) is 0.600. The number of hydrogen-bond acceptors (Lipinski definition) is 3. The van der Waals surface area contributed by atoms with E-state index in [0.29, 0.717) is 10.1 Å². The number of allylic oxidation sites excluding steroid dienone is 1. The van der Waals surface area contributed by atoms with Crippen LogP contribution in [0.1, 0.15) is 15.4 Å². The maximum Gasteiger partial charge on any atom is 0.221 e. The van der Waals surface area contributed by atoms with Gasteiger partial charge in [0.25, 0.3) is 0 Å². The van der Waals surface area contributed by atoms with Gasteiger partial charge < -0.3 is 4.42 Å². The van der Waals surface area contributed by atoms with Gasteiger partial charge in [-0.25, -0.2) is 0 Å². The first-order valence-electron chi connectivity index (χ1n) is 4.27. The molecule has 2 nitrogen and oxygen atoms in total. The van der Waals surface area contributed by atoms with Crippen molar-refractivity contribution in [3.63, 3.8) is 0 Å². The standard InChI is InChI=1S/C11H7ClO2S/c12-11-6-4-8(15-11)3-5-9(13)10-2-1-7-14-10/h1-7H/b5-3+. The van der Waals surface area contributed by atoms with E-state index in [1.165, 1.54) is 23.7 Å². The number of ketones is 1. The third-order valence-electron chi connectivity index (χ3n) is 1.76. The predicted molar refractivity (Wildman–Crippen MR) is 61.4 cm³/mol. The molecule has 0 saturated heterocycles. The van der Waals surface area contributed by atoms with Crippen molar-refractivity contribution in [3.8, 4) is 0 Å². The minimum atomic E-state index is -0.149. The molecule has 0 radical (unpaired) electrons. The summed E-state index contributed by atoms with van der Waals surface area (Å²) < 4.78 is 5.67. The number of thiophene rings is 1. The van der Waals surface area contributed by atoms with Gasteiger partial charge in [-0.1, -0.05) is 11.6 Å². The average Bonchev–Trinajstić information content (AvgIpc) is 2.84. The molecule has 0 atom stereocenters. The van der Waals surface area contributed by atoms with Gasteiger partial charge in [-0.2, -0.15) is 0 Å². The van der Waals surface area contributed by atoms with Gasteiger partial charge >= 0.3 is 0 Å². The average molecular weight is 239 g/mol. The van der Waals surface area contributed by atoms with Crippen LogP contribution >= 0.6 is 22.9 Å². The number of rotatable bonds is 3. The van der Waals surface area contributed by atoms with Gasteiger partial charge in [0.1, 0.15) is 0 Å². The van der Waals surface area contributed by atoms with Gasteiger partial charge in [-0.05, 0) is 36.4 Å². The lowest BCUT2D eigenvalue weighted by Gasteiger charge is -1.86. The van der Waals surface area contributed by atoms with Gasteiger partial charge in [0.15, 0.2) is 5.76 Å². The molecule has 0 saturated carbocycles. The van der Waals surface area contributed by atoms with Crippen LogP contribution in [0.4, 0.5) is 0 Å². The first kappa shape index (κ1) is 10.2. The van der Waals surface area contributed by atoms with Gasteiger partial charge in [0.2, 0.25) is 5.78 Å². The molecule has 2 aromatic heterocycles. The van der Waals surface area contributed by atoms with E-state index in [-0.39, 0.29) is 5.78 Å². The second-order valence-corrected chi connectivity index (χ2v) is 4.56. The molecule has 0 bridgehead atoms. The normalized spacial score (nSPS) is 11.0. The van der Waals surface area contributed by atoms with E-state index in [1.807, 2.05) is 6.07 Å². The molecular weight excluding hydrogens is 232 g/mol. The first-order chi connectivity index (χ1) is 7.25. The number of halogens is 1. The topological polar surface area (TPSA) is 30.2 Å². The Labute approximate surface area is 95.8 Å². The molecule has 76 valence electrons. The van der Waals surface area contributed by atoms with Gasteiger partial charge in [-0.3, -0.25) is 4.79 Å². The third kappa shape index (κ3) is 2.58. The molecular formula is C11H7ClO2S. The molecule has 0 aromatic carbocycles. The van der Waals surface area contributed by atoms with E-state index in [9.17, 15) is 4.79 Å². The minimum Gasteiger partial charge on any atom is -0.461 e. The summed E-state index contributed by atoms with van der Waals surface area (Å²) in [5.74, 6) is 0.193. The zero-order valence-corrected chi connectivity index (χ0v) is 9.22. The molecule has 0 unspecified atom stereocenters. The van der Waals surface area contributed by atoms with Crippen molar-refractivity contribution in [1.29, 1.82) is 0 Å². The number of carbonyl (C=O) groups is 1.